The minimum absolute atomic E-state index is 0.115. The fourth-order valence-electron chi connectivity index (χ4n) is 2.29. The van der Waals surface area contributed by atoms with Crippen molar-refractivity contribution < 1.29 is 12.9 Å². The molecule has 0 aliphatic heterocycles. The van der Waals surface area contributed by atoms with Crippen LogP contribution in [-0.4, -0.2) is 34.3 Å². The number of rotatable bonds is 5. The zero-order valence-electron chi connectivity index (χ0n) is 11.6. The van der Waals surface area contributed by atoms with Gasteiger partial charge in [-0.3, -0.25) is 0 Å². The number of hydrogen-bond donors (Lipinski definition) is 1. The van der Waals surface area contributed by atoms with Crippen LogP contribution >= 0.6 is 0 Å². The second kappa shape index (κ2) is 5.01. The van der Waals surface area contributed by atoms with Crippen molar-refractivity contribution in [2.75, 3.05) is 6.54 Å². The second-order valence-electron chi connectivity index (χ2n) is 4.68. The lowest BCUT2D eigenvalue weighted by atomic mass is 10.4. The lowest BCUT2D eigenvalue weighted by molar-refractivity contribution is 0.390. The van der Waals surface area contributed by atoms with Gasteiger partial charge in [0.2, 0.25) is 10.0 Å². The number of aryl methyl sites for hydroxylation is 2. The van der Waals surface area contributed by atoms with Gasteiger partial charge in [0.25, 0.3) is 0 Å². The largest absolute Gasteiger partial charge is 0.360 e. The van der Waals surface area contributed by atoms with E-state index >= 15 is 0 Å². The van der Waals surface area contributed by atoms with Gasteiger partial charge in [0.1, 0.15) is 16.2 Å². The van der Waals surface area contributed by atoms with E-state index in [0.717, 1.165) is 5.65 Å². The first-order valence-electron chi connectivity index (χ1n) is 6.40. The van der Waals surface area contributed by atoms with Crippen LogP contribution in [0.2, 0.25) is 0 Å². The van der Waals surface area contributed by atoms with Gasteiger partial charge in [0.15, 0.2) is 5.76 Å². The van der Waals surface area contributed by atoms with E-state index in [0.29, 0.717) is 18.0 Å². The van der Waals surface area contributed by atoms with Crippen molar-refractivity contribution >= 4 is 15.7 Å². The third kappa shape index (κ3) is 2.45. The third-order valence-electron chi connectivity index (χ3n) is 3.21. The topological polar surface area (TPSA) is 94.4 Å². The van der Waals surface area contributed by atoms with Crippen LogP contribution in [0.5, 0.6) is 0 Å². The fourth-order valence-corrected chi connectivity index (χ4v) is 3.64. The van der Waals surface area contributed by atoms with Gasteiger partial charge in [-0.15, -0.1) is 0 Å². The van der Waals surface area contributed by atoms with Gasteiger partial charge in [-0.1, -0.05) is 5.16 Å². The summed E-state index contributed by atoms with van der Waals surface area (Å²) in [5.74, 6) is 0.291. The molecule has 0 aliphatic carbocycles. The summed E-state index contributed by atoms with van der Waals surface area (Å²) >= 11 is 0. The Labute approximate surface area is 121 Å². The van der Waals surface area contributed by atoms with Crippen LogP contribution in [0.4, 0.5) is 0 Å². The van der Waals surface area contributed by atoms with Gasteiger partial charge in [0.05, 0.1) is 6.20 Å². The Morgan fingerprint density at radius 1 is 1.33 bits per heavy atom. The fraction of sp³-hybridized carbons (Fsp3) is 0.333. The van der Waals surface area contributed by atoms with E-state index in [1.54, 1.807) is 24.6 Å². The molecule has 0 atom stereocenters. The van der Waals surface area contributed by atoms with Crippen molar-refractivity contribution in [1.29, 1.82) is 0 Å². The van der Waals surface area contributed by atoms with E-state index in [1.807, 2.05) is 23.0 Å². The Morgan fingerprint density at radius 2 is 2.14 bits per heavy atom. The van der Waals surface area contributed by atoms with Crippen LogP contribution in [0, 0.1) is 13.8 Å². The minimum atomic E-state index is -3.61. The van der Waals surface area contributed by atoms with Crippen LogP contribution in [0.1, 0.15) is 11.5 Å². The lowest BCUT2D eigenvalue weighted by Gasteiger charge is -2.07. The molecule has 0 fully saturated rings. The highest BCUT2D eigenvalue weighted by molar-refractivity contribution is 7.89. The molecular weight excluding hydrogens is 294 g/mol. The van der Waals surface area contributed by atoms with E-state index in [1.165, 1.54) is 0 Å². The van der Waals surface area contributed by atoms with Crippen molar-refractivity contribution in [1.82, 2.24) is 24.1 Å². The number of hydrogen-bond acceptors (Lipinski definition) is 5. The number of imidazole rings is 1. The molecule has 0 aliphatic rings. The van der Waals surface area contributed by atoms with Gasteiger partial charge in [-0.2, -0.15) is 5.10 Å². The Kier molecular flexibility index (Phi) is 3.30. The molecule has 8 nitrogen and oxygen atoms in total. The molecule has 21 heavy (non-hydrogen) atoms. The summed E-state index contributed by atoms with van der Waals surface area (Å²) in [6.45, 7) is 3.95. The summed E-state index contributed by atoms with van der Waals surface area (Å²) < 4.78 is 35.6. The molecule has 0 saturated carbocycles. The zero-order valence-corrected chi connectivity index (χ0v) is 12.5. The molecule has 0 amide bonds. The molecule has 112 valence electrons. The van der Waals surface area contributed by atoms with Crippen LogP contribution in [0.25, 0.3) is 5.65 Å². The second-order valence-corrected chi connectivity index (χ2v) is 6.38. The maximum atomic E-state index is 12.2. The number of nitrogens with one attached hydrogen (secondary N) is 1. The number of aromatic nitrogens is 4. The Bertz CT molecular complexity index is 854. The smallest absolute Gasteiger partial charge is 0.246 e. The van der Waals surface area contributed by atoms with Crippen molar-refractivity contribution in [2.45, 2.75) is 25.3 Å². The first-order chi connectivity index (χ1) is 9.99. The Balaban J connectivity index is 1.72. The third-order valence-corrected chi connectivity index (χ3v) is 4.92. The first kappa shape index (κ1) is 13.8. The summed E-state index contributed by atoms with van der Waals surface area (Å²) in [5, 5.41) is 7.76. The van der Waals surface area contributed by atoms with E-state index in [4.69, 9.17) is 4.52 Å². The summed E-state index contributed by atoms with van der Waals surface area (Å²) in [6, 6.07) is 1.86. The van der Waals surface area contributed by atoms with Crippen LogP contribution in [0.3, 0.4) is 0 Å². The standard InChI is InChI=1S/C12H15N5O3S/c1-9-12(10(2)20-15-9)21(18,19)14-5-6-16-7-8-17-11(16)3-4-13-17/h3-4,7-8,14H,5-6H2,1-2H3. The maximum absolute atomic E-state index is 12.2. The van der Waals surface area contributed by atoms with E-state index in [2.05, 4.69) is 15.0 Å². The van der Waals surface area contributed by atoms with Gasteiger partial charge in [-0.25, -0.2) is 17.7 Å². The number of sulfonamides is 1. The van der Waals surface area contributed by atoms with Gasteiger partial charge in [-0.05, 0) is 13.8 Å². The molecular formula is C12H15N5O3S. The predicted octanol–water partition coefficient (Wildman–Crippen LogP) is 0.719. The highest BCUT2D eigenvalue weighted by Gasteiger charge is 2.23. The van der Waals surface area contributed by atoms with Crippen LogP contribution in [-0.2, 0) is 16.6 Å². The Morgan fingerprint density at radius 3 is 2.86 bits per heavy atom. The highest BCUT2D eigenvalue weighted by atomic mass is 32.2. The molecule has 0 radical (unpaired) electrons. The molecule has 3 aromatic heterocycles. The van der Waals surface area contributed by atoms with E-state index < -0.39 is 10.0 Å². The normalized spacial score (nSPS) is 12.3. The van der Waals surface area contributed by atoms with E-state index in [-0.39, 0.29) is 11.4 Å². The predicted molar refractivity (Wildman–Crippen MR) is 74.3 cm³/mol. The van der Waals surface area contributed by atoms with Crippen molar-refractivity contribution in [2.24, 2.45) is 0 Å². The SMILES string of the molecule is Cc1noc(C)c1S(=O)(=O)NCCn1ccn2nccc12. The lowest BCUT2D eigenvalue weighted by Crippen LogP contribution is -2.28. The number of nitrogens with zero attached hydrogens (tertiary/aromatic N) is 4. The molecule has 3 heterocycles. The molecule has 9 heteroatoms. The van der Waals surface area contributed by atoms with Crippen molar-refractivity contribution in [3.63, 3.8) is 0 Å². The first-order valence-corrected chi connectivity index (χ1v) is 7.88. The molecule has 0 unspecified atom stereocenters. The van der Waals surface area contributed by atoms with E-state index in [9.17, 15) is 8.42 Å². The maximum Gasteiger partial charge on any atom is 0.246 e. The molecule has 0 bridgehead atoms. The van der Waals surface area contributed by atoms with Gasteiger partial charge < -0.3 is 9.09 Å². The molecule has 1 N–H and O–H groups in total. The summed E-state index contributed by atoms with van der Waals surface area (Å²) in [6.07, 6.45) is 5.37. The monoisotopic (exact) mass is 309 g/mol. The molecule has 3 aromatic rings. The summed E-state index contributed by atoms with van der Waals surface area (Å²) in [7, 11) is -3.61. The Hall–Kier alpha value is -2.13. The van der Waals surface area contributed by atoms with Crippen LogP contribution in [0.15, 0.2) is 34.1 Å². The summed E-state index contributed by atoms with van der Waals surface area (Å²) in [4.78, 5) is 0.115. The quantitative estimate of drug-likeness (QED) is 0.749. The van der Waals surface area contributed by atoms with Crippen LogP contribution < -0.4 is 4.72 Å². The molecule has 3 rings (SSSR count). The van der Waals surface area contributed by atoms with Gasteiger partial charge >= 0.3 is 0 Å². The molecule has 0 spiro atoms. The average molecular weight is 309 g/mol. The van der Waals surface area contributed by atoms with Crippen molar-refractivity contribution in [3.8, 4) is 0 Å². The van der Waals surface area contributed by atoms with Gasteiger partial charge in [0, 0.05) is 31.5 Å². The van der Waals surface area contributed by atoms with Crippen molar-refractivity contribution in [3.05, 3.63) is 36.1 Å². The average Bonchev–Trinajstić information content (AvgIpc) is 3.07. The number of fused-ring (bicyclic) bond motifs is 1. The molecule has 0 saturated heterocycles. The summed E-state index contributed by atoms with van der Waals surface area (Å²) in [5.41, 5.74) is 1.27. The molecule has 0 aromatic carbocycles. The highest BCUT2D eigenvalue weighted by Crippen LogP contribution is 2.18. The zero-order chi connectivity index (χ0) is 15.0. The minimum Gasteiger partial charge on any atom is -0.360 e.